The van der Waals surface area contributed by atoms with Gasteiger partial charge in [-0.15, -0.1) is 0 Å². The number of rotatable bonds is 6. The van der Waals surface area contributed by atoms with E-state index in [1.807, 2.05) is 105 Å². The topological polar surface area (TPSA) is 92.1 Å². The first-order chi connectivity index (χ1) is 16.8. The fourth-order valence-electron chi connectivity index (χ4n) is 3.72. The molecule has 9 nitrogen and oxygen atoms in total. The van der Waals surface area contributed by atoms with Gasteiger partial charge in [0.2, 0.25) is 0 Å². The van der Waals surface area contributed by atoms with Crippen LogP contribution in [0.4, 0.5) is 0 Å². The van der Waals surface area contributed by atoms with E-state index in [1.54, 1.807) is 18.6 Å². The van der Waals surface area contributed by atoms with E-state index in [-0.39, 0.29) is 0 Å². The van der Waals surface area contributed by atoms with Crippen molar-refractivity contribution >= 4 is 7.12 Å². The molecule has 6 rings (SSSR count). The van der Waals surface area contributed by atoms with Crippen LogP contribution in [0, 0.1) is 0 Å². The highest BCUT2D eigenvalue weighted by atomic mass is 15.4. The highest BCUT2D eigenvalue weighted by molar-refractivity contribution is 6.52. The highest BCUT2D eigenvalue weighted by Gasteiger charge is 2.15. The van der Waals surface area contributed by atoms with Gasteiger partial charge in [-0.2, -0.15) is 0 Å². The molecule has 0 fully saturated rings. The summed E-state index contributed by atoms with van der Waals surface area (Å²) in [6.45, 7) is 0. The highest BCUT2D eigenvalue weighted by Crippen LogP contribution is 2.18. The maximum Gasteiger partial charge on any atom is 0.260 e. The fraction of sp³-hybridized carbons (Fsp3) is 0. The minimum absolute atomic E-state index is 0.479. The summed E-state index contributed by atoms with van der Waals surface area (Å²) >= 11 is 0. The Hall–Kier alpha value is -4.86. The van der Waals surface area contributed by atoms with Crippen LogP contribution in [0.25, 0.3) is 34.2 Å². The Bertz CT molecular complexity index is 1320. The van der Waals surface area contributed by atoms with Gasteiger partial charge in [0.05, 0.1) is 17.1 Å². The summed E-state index contributed by atoms with van der Waals surface area (Å²) in [5.74, 6) is 0. The van der Waals surface area contributed by atoms with Gasteiger partial charge in [0.1, 0.15) is 17.1 Å². The maximum atomic E-state index is 4.80. The van der Waals surface area contributed by atoms with Crippen molar-refractivity contribution in [2.45, 2.75) is 0 Å². The molecule has 0 amide bonds. The third-order valence-corrected chi connectivity index (χ3v) is 5.32. The number of hydrogen-bond acceptors (Lipinski definition) is 6. The van der Waals surface area contributed by atoms with Gasteiger partial charge in [-0.25, -0.2) is 15.3 Å². The molecule has 0 saturated heterocycles. The molecule has 0 atom stereocenters. The van der Waals surface area contributed by atoms with E-state index in [0.29, 0.717) is 0 Å². The van der Waals surface area contributed by atoms with Gasteiger partial charge >= 0.3 is 0 Å². The van der Waals surface area contributed by atoms with Crippen molar-refractivity contribution < 1.29 is 0 Å². The second-order valence-corrected chi connectivity index (χ2v) is 7.53. The van der Waals surface area contributed by atoms with Gasteiger partial charge in [0.15, 0.2) is 0 Å². The standard InChI is InChI=1S/C24H18BN9/c1-4-13-26-19(7-1)22-10-16-32(29-22)25(33-17-11-23(30-33)20-8-2-5-14-27-20)34-18-12-24(31-34)21-9-3-6-15-28-21/h1-18H/q-1. The summed E-state index contributed by atoms with van der Waals surface area (Å²) in [6, 6.07) is 23.1. The maximum absolute atomic E-state index is 4.80. The van der Waals surface area contributed by atoms with E-state index >= 15 is 0 Å². The van der Waals surface area contributed by atoms with Gasteiger partial charge in [-0.3, -0.25) is 15.0 Å². The lowest BCUT2D eigenvalue weighted by molar-refractivity contribution is 0.774. The minimum Gasteiger partial charge on any atom is -0.424 e. The molecule has 0 saturated carbocycles. The second kappa shape index (κ2) is 8.59. The van der Waals surface area contributed by atoms with Crippen LogP contribution < -0.4 is 0 Å². The molecular weight excluding hydrogens is 425 g/mol. The van der Waals surface area contributed by atoms with Crippen LogP contribution >= 0.6 is 0 Å². The molecule has 1 radical (unpaired) electrons. The molecule has 0 N–H and O–H groups in total. The molecule has 163 valence electrons. The molecule has 6 aromatic rings. The molecule has 0 aliphatic heterocycles. The molecule has 0 bridgehead atoms. The van der Waals surface area contributed by atoms with Gasteiger partial charge in [0.25, 0.3) is 7.12 Å². The van der Waals surface area contributed by atoms with Gasteiger partial charge in [-0.1, -0.05) is 18.2 Å². The average molecular weight is 443 g/mol. The van der Waals surface area contributed by atoms with Crippen molar-refractivity contribution in [2.75, 3.05) is 0 Å². The first kappa shape index (κ1) is 19.8. The van der Waals surface area contributed by atoms with E-state index in [1.165, 1.54) is 0 Å². The van der Waals surface area contributed by atoms with E-state index < -0.39 is 7.12 Å². The molecule has 34 heavy (non-hydrogen) atoms. The summed E-state index contributed by atoms with van der Waals surface area (Å²) < 4.78 is 5.44. The van der Waals surface area contributed by atoms with E-state index in [4.69, 9.17) is 15.3 Å². The smallest absolute Gasteiger partial charge is 0.260 e. The SMILES string of the molecule is c1ccc(-c2ccn([B-](n3ccc(-c4ccccn4)n3)n3ccc(-c4ccccn4)n3)n2)nc1. The van der Waals surface area contributed by atoms with Crippen molar-refractivity contribution in [1.29, 1.82) is 0 Å². The molecular formula is C24H18BN9-. The molecule has 0 unspecified atom stereocenters. The fourth-order valence-corrected chi connectivity index (χ4v) is 3.72. The van der Waals surface area contributed by atoms with Crippen molar-refractivity contribution in [2.24, 2.45) is 0 Å². The second-order valence-electron chi connectivity index (χ2n) is 7.53. The summed E-state index contributed by atoms with van der Waals surface area (Å²) in [5, 5.41) is 14.4. The van der Waals surface area contributed by atoms with Crippen LogP contribution in [-0.4, -0.2) is 51.1 Å². The average Bonchev–Trinajstić information content (AvgIpc) is 3.68. The van der Waals surface area contributed by atoms with E-state index in [2.05, 4.69) is 15.0 Å². The van der Waals surface area contributed by atoms with Crippen LogP contribution in [0.15, 0.2) is 110 Å². The zero-order valence-corrected chi connectivity index (χ0v) is 18.0. The Morgan fingerprint density at radius 1 is 0.412 bits per heavy atom. The van der Waals surface area contributed by atoms with Crippen molar-refractivity contribution in [3.8, 4) is 34.2 Å². The summed E-state index contributed by atoms with van der Waals surface area (Å²) in [7, 11) is -0.479. The largest absolute Gasteiger partial charge is 0.424 e. The third kappa shape index (κ3) is 3.77. The summed E-state index contributed by atoms with van der Waals surface area (Å²) in [4.78, 5) is 13.3. The molecule has 0 spiro atoms. The number of nitrogens with zero attached hydrogens (tertiary/aromatic N) is 9. The zero-order valence-electron chi connectivity index (χ0n) is 18.0. The van der Waals surface area contributed by atoms with Gasteiger partial charge in [-0.05, 0) is 73.2 Å². The first-order valence-electron chi connectivity index (χ1n) is 10.7. The van der Waals surface area contributed by atoms with Crippen LogP contribution in [0.3, 0.4) is 0 Å². The van der Waals surface area contributed by atoms with Gasteiger partial charge in [0, 0.05) is 18.6 Å². The van der Waals surface area contributed by atoms with Crippen molar-refractivity contribution in [3.05, 3.63) is 110 Å². The van der Waals surface area contributed by atoms with Crippen molar-refractivity contribution in [1.82, 2.24) is 44.0 Å². The van der Waals surface area contributed by atoms with Gasteiger partial charge < -0.3 is 13.8 Å². The molecule has 0 aliphatic carbocycles. The number of pyridine rings is 3. The lowest BCUT2D eigenvalue weighted by Crippen LogP contribution is -2.42. The third-order valence-electron chi connectivity index (χ3n) is 5.32. The van der Waals surface area contributed by atoms with Crippen molar-refractivity contribution in [3.63, 3.8) is 0 Å². The van der Waals surface area contributed by atoms with E-state index in [9.17, 15) is 0 Å². The molecule has 6 heterocycles. The normalized spacial score (nSPS) is 11.2. The van der Waals surface area contributed by atoms with Crippen LogP contribution in [-0.2, 0) is 0 Å². The summed E-state index contributed by atoms with van der Waals surface area (Å²) in [5.41, 5.74) is 4.68. The lowest BCUT2D eigenvalue weighted by Gasteiger charge is -2.29. The van der Waals surface area contributed by atoms with E-state index in [0.717, 1.165) is 34.2 Å². The number of hydrogen-bond donors (Lipinski definition) is 0. The first-order valence-corrected chi connectivity index (χ1v) is 10.7. The minimum atomic E-state index is -0.479. The summed E-state index contributed by atoms with van der Waals surface area (Å²) in [6.07, 6.45) is 11.0. The Kier molecular flexibility index (Phi) is 5.00. The Balaban J connectivity index is 1.43. The monoisotopic (exact) mass is 443 g/mol. The zero-order chi connectivity index (χ0) is 22.7. The van der Waals surface area contributed by atoms with Crippen LogP contribution in [0.2, 0.25) is 0 Å². The van der Waals surface area contributed by atoms with Crippen LogP contribution in [0.1, 0.15) is 0 Å². The predicted octanol–water partition coefficient (Wildman–Crippen LogP) is 3.39. The number of aromatic nitrogens is 9. The Morgan fingerprint density at radius 3 is 1.06 bits per heavy atom. The molecule has 0 aromatic carbocycles. The molecule has 6 aromatic heterocycles. The molecule has 0 aliphatic rings. The molecule has 10 heteroatoms. The Morgan fingerprint density at radius 2 is 0.765 bits per heavy atom. The predicted molar refractivity (Wildman–Crippen MR) is 128 cm³/mol. The lowest BCUT2D eigenvalue weighted by atomic mass is 9.96. The van der Waals surface area contributed by atoms with Crippen LogP contribution in [0.5, 0.6) is 0 Å². The quantitative estimate of drug-likeness (QED) is 0.367. The Labute approximate surface area is 195 Å².